The lowest BCUT2D eigenvalue weighted by molar-refractivity contribution is 0.0562. The first-order valence-electron chi connectivity index (χ1n) is 7.00. The average molecular weight is 254 g/mol. The van der Waals surface area contributed by atoms with E-state index in [-0.39, 0.29) is 18.6 Å². The summed E-state index contributed by atoms with van der Waals surface area (Å²) in [5.74, 6) is 0.833. The third-order valence-corrected chi connectivity index (χ3v) is 4.11. The molecule has 3 atom stereocenters. The molecule has 0 bridgehead atoms. The second kappa shape index (κ2) is 8.47. The van der Waals surface area contributed by atoms with Crippen LogP contribution in [0.15, 0.2) is 0 Å². The van der Waals surface area contributed by atoms with Crippen LogP contribution in [0, 0.1) is 23.2 Å². The van der Waals surface area contributed by atoms with Gasteiger partial charge in [-0.05, 0) is 25.2 Å². The normalized spacial score (nSPS) is 28.3. The monoisotopic (exact) mass is 254 g/mol. The average Bonchev–Trinajstić information content (AvgIpc) is 2.42. The second-order valence-electron chi connectivity index (χ2n) is 5.14. The maximum absolute atomic E-state index is 9.29. The lowest BCUT2D eigenvalue weighted by atomic mass is 9.77. The Bertz CT molecular complexity index is 265. The van der Waals surface area contributed by atoms with Gasteiger partial charge in [0, 0.05) is 26.2 Å². The van der Waals surface area contributed by atoms with Crippen LogP contribution in [0.25, 0.3) is 0 Å². The summed E-state index contributed by atoms with van der Waals surface area (Å²) in [6, 6.07) is 2.74. The van der Waals surface area contributed by atoms with Crippen LogP contribution >= 0.6 is 0 Å². The van der Waals surface area contributed by atoms with Crippen LogP contribution in [0.3, 0.4) is 0 Å². The summed E-state index contributed by atoms with van der Waals surface area (Å²) in [6.07, 6.45) is 4.43. The fourth-order valence-corrected chi connectivity index (χ4v) is 2.94. The zero-order valence-electron chi connectivity index (χ0n) is 11.6. The van der Waals surface area contributed by atoms with E-state index in [0.717, 1.165) is 25.3 Å². The minimum Gasteiger partial charge on any atom is -0.395 e. The molecule has 0 heterocycles. The molecule has 18 heavy (non-hydrogen) atoms. The van der Waals surface area contributed by atoms with Crippen LogP contribution in [-0.2, 0) is 4.74 Å². The summed E-state index contributed by atoms with van der Waals surface area (Å²) in [5.41, 5.74) is 0. The number of aliphatic hydroxyl groups is 1. The summed E-state index contributed by atoms with van der Waals surface area (Å²) in [5, 5.41) is 18.5. The van der Waals surface area contributed by atoms with Gasteiger partial charge in [-0.3, -0.25) is 4.90 Å². The predicted molar refractivity (Wildman–Crippen MR) is 71.1 cm³/mol. The van der Waals surface area contributed by atoms with Crippen LogP contribution in [-0.4, -0.2) is 49.5 Å². The largest absolute Gasteiger partial charge is 0.395 e. The topological polar surface area (TPSA) is 56.5 Å². The van der Waals surface area contributed by atoms with Crippen molar-refractivity contribution >= 4 is 0 Å². The van der Waals surface area contributed by atoms with Crippen molar-refractivity contribution in [3.63, 3.8) is 0 Å². The van der Waals surface area contributed by atoms with Gasteiger partial charge in [-0.1, -0.05) is 13.3 Å². The molecule has 1 saturated carbocycles. The Morgan fingerprint density at radius 3 is 2.72 bits per heavy atom. The van der Waals surface area contributed by atoms with E-state index in [0.29, 0.717) is 13.2 Å². The summed E-state index contributed by atoms with van der Waals surface area (Å²) >= 11 is 0. The van der Waals surface area contributed by atoms with Gasteiger partial charge in [0.1, 0.15) is 0 Å². The van der Waals surface area contributed by atoms with E-state index in [1.807, 2.05) is 0 Å². The van der Waals surface area contributed by atoms with Gasteiger partial charge in [0.15, 0.2) is 0 Å². The molecule has 104 valence electrons. The van der Waals surface area contributed by atoms with Gasteiger partial charge in [-0.2, -0.15) is 5.26 Å². The van der Waals surface area contributed by atoms with E-state index in [2.05, 4.69) is 17.9 Å². The standard InChI is InChI=1S/C14H26N2O2/c1-3-12-4-5-13(11-15)14(10-12)16(6-8-17)7-9-18-2/h12-14,17H,3-10H2,1-2H3. The number of hydrogen-bond donors (Lipinski definition) is 1. The minimum atomic E-state index is 0.108. The number of hydrogen-bond acceptors (Lipinski definition) is 4. The molecule has 0 aromatic heterocycles. The van der Waals surface area contributed by atoms with Crippen LogP contribution in [0.1, 0.15) is 32.6 Å². The summed E-state index contributed by atoms with van der Waals surface area (Å²) in [6.45, 7) is 4.47. The molecule has 0 aliphatic heterocycles. The molecule has 0 aromatic rings. The third-order valence-electron chi connectivity index (χ3n) is 4.11. The van der Waals surface area contributed by atoms with Crippen molar-refractivity contribution in [2.24, 2.45) is 11.8 Å². The Balaban J connectivity index is 2.67. The molecule has 0 radical (unpaired) electrons. The molecule has 1 rings (SSSR count). The smallest absolute Gasteiger partial charge is 0.0672 e. The molecule has 4 heteroatoms. The molecule has 1 aliphatic rings. The zero-order chi connectivity index (χ0) is 13.4. The molecule has 1 N–H and O–H groups in total. The fraction of sp³-hybridized carbons (Fsp3) is 0.929. The Hall–Kier alpha value is -0.630. The number of nitriles is 1. The van der Waals surface area contributed by atoms with Gasteiger partial charge in [0.2, 0.25) is 0 Å². The Labute approximate surface area is 111 Å². The maximum Gasteiger partial charge on any atom is 0.0672 e. The van der Waals surface area contributed by atoms with Gasteiger partial charge in [-0.25, -0.2) is 0 Å². The predicted octanol–water partition coefficient (Wildman–Crippen LogP) is 1.65. The van der Waals surface area contributed by atoms with E-state index in [1.54, 1.807) is 7.11 Å². The number of methoxy groups -OCH3 is 1. The van der Waals surface area contributed by atoms with Crippen molar-refractivity contribution in [1.29, 1.82) is 5.26 Å². The lowest BCUT2D eigenvalue weighted by Gasteiger charge is -2.39. The van der Waals surface area contributed by atoms with Gasteiger partial charge in [-0.15, -0.1) is 0 Å². The first-order chi connectivity index (χ1) is 8.76. The first kappa shape index (κ1) is 15.4. The fourth-order valence-electron chi connectivity index (χ4n) is 2.94. The zero-order valence-corrected chi connectivity index (χ0v) is 11.6. The molecule has 3 unspecified atom stereocenters. The van der Waals surface area contributed by atoms with E-state index >= 15 is 0 Å². The van der Waals surface area contributed by atoms with E-state index < -0.39 is 0 Å². The van der Waals surface area contributed by atoms with E-state index in [1.165, 1.54) is 12.8 Å². The highest BCUT2D eigenvalue weighted by atomic mass is 16.5. The quantitative estimate of drug-likeness (QED) is 0.750. The molecular formula is C14H26N2O2. The Morgan fingerprint density at radius 2 is 2.17 bits per heavy atom. The minimum absolute atomic E-state index is 0.108. The third kappa shape index (κ3) is 4.24. The highest BCUT2D eigenvalue weighted by Gasteiger charge is 2.33. The van der Waals surface area contributed by atoms with E-state index in [4.69, 9.17) is 4.74 Å². The Morgan fingerprint density at radius 1 is 1.39 bits per heavy atom. The van der Waals surface area contributed by atoms with Crippen LogP contribution in [0.2, 0.25) is 0 Å². The highest BCUT2D eigenvalue weighted by molar-refractivity contribution is 4.97. The molecule has 4 nitrogen and oxygen atoms in total. The van der Waals surface area contributed by atoms with Crippen molar-refractivity contribution in [3.05, 3.63) is 0 Å². The summed E-state index contributed by atoms with van der Waals surface area (Å²) in [4.78, 5) is 2.24. The van der Waals surface area contributed by atoms with Gasteiger partial charge in [0.25, 0.3) is 0 Å². The van der Waals surface area contributed by atoms with Crippen molar-refractivity contribution in [2.45, 2.75) is 38.6 Å². The Kier molecular flexibility index (Phi) is 7.26. The maximum atomic E-state index is 9.29. The summed E-state index contributed by atoms with van der Waals surface area (Å²) in [7, 11) is 1.69. The van der Waals surface area contributed by atoms with Gasteiger partial charge >= 0.3 is 0 Å². The molecular weight excluding hydrogens is 228 g/mol. The number of nitrogens with zero attached hydrogens (tertiary/aromatic N) is 2. The van der Waals surface area contributed by atoms with Crippen molar-refractivity contribution in [2.75, 3.05) is 33.4 Å². The second-order valence-corrected chi connectivity index (χ2v) is 5.14. The number of ether oxygens (including phenoxy) is 1. The molecule has 0 aromatic carbocycles. The summed E-state index contributed by atoms with van der Waals surface area (Å²) < 4.78 is 5.13. The molecule has 0 saturated heterocycles. The van der Waals surface area contributed by atoms with Gasteiger partial charge in [0.05, 0.1) is 25.2 Å². The van der Waals surface area contributed by atoms with Crippen LogP contribution < -0.4 is 0 Å². The highest BCUT2D eigenvalue weighted by Crippen LogP contribution is 2.33. The molecule has 0 spiro atoms. The van der Waals surface area contributed by atoms with Crippen molar-refractivity contribution in [1.82, 2.24) is 4.90 Å². The first-order valence-corrected chi connectivity index (χ1v) is 7.00. The van der Waals surface area contributed by atoms with Crippen molar-refractivity contribution < 1.29 is 9.84 Å². The van der Waals surface area contributed by atoms with E-state index in [9.17, 15) is 10.4 Å². The number of rotatable bonds is 7. The SMILES string of the molecule is CCC1CCC(C#N)C(N(CCO)CCOC)C1. The van der Waals surface area contributed by atoms with Crippen LogP contribution in [0.5, 0.6) is 0 Å². The molecule has 1 aliphatic carbocycles. The lowest BCUT2D eigenvalue weighted by Crippen LogP contribution is -2.46. The molecule has 1 fully saturated rings. The van der Waals surface area contributed by atoms with Crippen LogP contribution in [0.4, 0.5) is 0 Å². The van der Waals surface area contributed by atoms with Crippen molar-refractivity contribution in [3.8, 4) is 6.07 Å². The molecule has 0 amide bonds. The van der Waals surface area contributed by atoms with Gasteiger partial charge < -0.3 is 9.84 Å². The number of aliphatic hydroxyl groups excluding tert-OH is 1.